The highest BCUT2D eigenvalue weighted by Crippen LogP contribution is 2.19. The predicted molar refractivity (Wildman–Crippen MR) is 75.8 cm³/mol. The van der Waals surface area contributed by atoms with E-state index in [9.17, 15) is 5.11 Å². The third kappa shape index (κ3) is 3.69. The highest BCUT2D eigenvalue weighted by atomic mass is 16.4. The molecule has 0 aliphatic carbocycles. The van der Waals surface area contributed by atoms with Crippen molar-refractivity contribution in [2.75, 3.05) is 6.54 Å². The highest BCUT2D eigenvalue weighted by Gasteiger charge is 2.25. The van der Waals surface area contributed by atoms with Gasteiger partial charge < -0.3 is 14.8 Å². The Labute approximate surface area is 114 Å². The van der Waals surface area contributed by atoms with Gasteiger partial charge in [-0.25, -0.2) is 0 Å². The Bertz CT molecular complexity index is 486. The summed E-state index contributed by atoms with van der Waals surface area (Å²) in [7, 11) is 0. The first-order chi connectivity index (χ1) is 9.12. The van der Waals surface area contributed by atoms with Crippen LogP contribution < -0.4 is 5.32 Å². The summed E-state index contributed by atoms with van der Waals surface area (Å²) in [5.41, 5.74) is 1.58. The number of hydrogen-bond donors (Lipinski definition) is 2. The van der Waals surface area contributed by atoms with Gasteiger partial charge in [-0.2, -0.15) is 0 Å². The van der Waals surface area contributed by atoms with Gasteiger partial charge >= 0.3 is 0 Å². The van der Waals surface area contributed by atoms with Crippen molar-refractivity contribution in [2.24, 2.45) is 0 Å². The molecular weight excluding hydrogens is 238 g/mol. The van der Waals surface area contributed by atoms with E-state index in [-0.39, 0.29) is 0 Å². The monoisotopic (exact) mass is 259 g/mol. The Morgan fingerprint density at radius 3 is 2.42 bits per heavy atom. The van der Waals surface area contributed by atoms with Crippen LogP contribution in [0.15, 0.2) is 47.1 Å². The number of benzene rings is 1. The second-order valence-electron chi connectivity index (χ2n) is 5.02. The van der Waals surface area contributed by atoms with Crippen molar-refractivity contribution in [1.82, 2.24) is 5.32 Å². The fraction of sp³-hybridized carbons (Fsp3) is 0.375. The summed E-state index contributed by atoms with van der Waals surface area (Å²) < 4.78 is 5.24. The molecule has 1 atom stereocenters. The molecule has 2 rings (SSSR count). The van der Waals surface area contributed by atoms with Crippen molar-refractivity contribution >= 4 is 0 Å². The van der Waals surface area contributed by atoms with Crippen LogP contribution in [0.4, 0.5) is 0 Å². The molecular formula is C16H21NO2. The Morgan fingerprint density at radius 2 is 1.84 bits per heavy atom. The quantitative estimate of drug-likeness (QED) is 0.838. The van der Waals surface area contributed by atoms with Gasteiger partial charge in [0, 0.05) is 13.1 Å². The second kappa shape index (κ2) is 6.04. The molecule has 1 heterocycles. The molecule has 102 valence electrons. The number of rotatable bonds is 6. The first-order valence-electron chi connectivity index (χ1n) is 6.67. The molecule has 0 saturated carbocycles. The van der Waals surface area contributed by atoms with E-state index in [1.54, 1.807) is 25.3 Å². The van der Waals surface area contributed by atoms with Crippen molar-refractivity contribution < 1.29 is 9.52 Å². The van der Waals surface area contributed by atoms with E-state index >= 15 is 0 Å². The lowest BCUT2D eigenvalue weighted by Crippen LogP contribution is -2.34. The third-order valence-corrected chi connectivity index (χ3v) is 3.28. The lowest BCUT2D eigenvalue weighted by Gasteiger charge is -2.21. The number of hydrogen-bond acceptors (Lipinski definition) is 3. The van der Waals surface area contributed by atoms with Crippen molar-refractivity contribution in [1.29, 1.82) is 0 Å². The minimum absolute atomic E-state index is 0.454. The summed E-state index contributed by atoms with van der Waals surface area (Å²) in [5, 5.41) is 13.5. The summed E-state index contributed by atoms with van der Waals surface area (Å²) in [6, 6.07) is 12.1. The summed E-state index contributed by atoms with van der Waals surface area (Å²) in [5.74, 6) is 0.585. The smallest absolute Gasteiger partial charge is 0.136 e. The minimum atomic E-state index is -0.979. The summed E-state index contributed by atoms with van der Waals surface area (Å²) in [4.78, 5) is 0. The molecule has 0 aliphatic rings. The maximum absolute atomic E-state index is 10.3. The van der Waals surface area contributed by atoms with E-state index in [0.717, 1.165) is 13.0 Å². The molecule has 2 aromatic rings. The SMILES string of the molecule is CCc1ccc(CNCC(C)(O)c2ccco2)cc1. The molecule has 19 heavy (non-hydrogen) atoms. The van der Waals surface area contributed by atoms with E-state index in [0.29, 0.717) is 12.3 Å². The Balaban J connectivity index is 1.86. The van der Waals surface area contributed by atoms with Crippen LogP contribution in [0, 0.1) is 0 Å². The maximum atomic E-state index is 10.3. The molecule has 0 radical (unpaired) electrons. The van der Waals surface area contributed by atoms with Gasteiger partial charge in [-0.05, 0) is 36.6 Å². The molecule has 0 bridgehead atoms. The number of aliphatic hydroxyl groups is 1. The first-order valence-corrected chi connectivity index (χ1v) is 6.67. The molecule has 2 N–H and O–H groups in total. The van der Waals surface area contributed by atoms with Crippen LogP contribution in [0.25, 0.3) is 0 Å². The Hall–Kier alpha value is -1.58. The van der Waals surface area contributed by atoms with Crippen molar-refractivity contribution in [3.8, 4) is 0 Å². The molecule has 0 spiro atoms. The molecule has 3 nitrogen and oxygen atoms in total. The number of nitrogens with one attached hydrogen (secondary N) is 1. The Morgan fingerprint density at radius 1 is 1.16 bits per heavy atom. The summed E-state index contributed by atoms with van der Waals surface area (Å²) in [6.45, 7) is 5.09. The largest absolute Gasteiger partial charge is 0.466 e. The molecule has 0 fully saturated rings. The average molecular weight is 259 g/mol. The van der Waals surface area contributed by atoms with Gasteiger partial charge in [-0.3, -0.25) is 0 Å². The normalized spacial score (nSPS) is 14.3. The maximum Gasteiger partial charge on any atom is 0.136 e. The average Bonchev–Trinajstić information content (AvgIpc) is 2.94. The fourth-order valence-corrected chi connectivity index (χ4v) is 2.02. The van der Waals surface area contributed by atoms with Crippen LogP contribution in [-0.2, 0) is 18.6 Å². The lowest BCUT2D eigenvalue weighted by atomic mass is 10.0. The van der Waals surface area contributed by atoms with Crippen molar-refractivity contribution in [2.45, 2.75) is 32.4 Å². The Kier molecular flexibility index (Phi) is 4.40. The van der Waals surface area contributed by atoms with Crippen LogP contribution in [0.2, 0.25) is 0 Å². The number of furan rings is 1. The van der Waals surface area contributed by atoms with Crippen molar-refractivity contribution in [3.05, 3.63) is 59.5 Å². The minimum Gasteiger partial charge on any atom is -0.466 e. The van der Waals surface area contributed by atoms with Gasteiger partial charge in [0.05, 0.1) is 6.26 Å². The van der Waals surface area contributed by atoms with E-state index in [1.807, 2.05) is 0 Å². The summed E-state index contributed by atoms with van der Waals surface area (Å²) in [6.07, 6.45) is 2.63. The number of aryl methyl sites for hydroxylation is 1. The van der Waals surface area contributed by atoms with E-state index in [2.05, 4.69) is 36.5 Å². The molecule has 0 aliphatic heterocycles. The van der Waals surface area contributed by atoms with Crippen molar-refractivity contribution in [3.63, 3.8) is 0 Å². The van der Waals surface area contributed by atoms with Gasteiger partial charge in [0.1, 0.15) is 11.4 Å². The zero-order chi connectivity index (χ0) is 13.7. The van der Waals surface area contributed by atoms with Gasteiger partial charge in [0.15, 0.2) is 0 Å². The fourth-order valence-electron chi connectivity index (χ4n) is 2.02. The topological polar surface area (TPSA) is 45.4 Å². The van der Waals surface area contributed by atoms with E-state index < -0.39 is 5.60 Å². The molecule has 1 aromatic heterocycles. The zero-order valence-electron chi connectivity index (χ0n) is 11.5. The van der Waals surface area contributed by atoms with Gasteiger partial charge in [-0.1, -0.05) is 31.2 Å². The lowest BCUT2D eigenvalue weighted by molar-refractivity contribution is 0.0340. The predicted octanol–water partition coefficient (Wildman–Crippen LogP) is 2.84. The van der Waals surface area contributed by atoms with Gasteiger partial charge in [0.25, 0.3) is 0 Å². The van der Waals surface area contributed by atoms with Crippen LogP contribution in [0.1, 0.15) is 30.7 Å². The van der Waals surface area contributed by atoms with Crippen LogP contribution >= 0.6 is 0 Å². The molecule has 0 saturated heterocycles. The van der Waals surface area contributed by atoms with Gasteiger partial charge in [0.2, 0.25) is 0 Å². The highest BCUT2D eigenvalue weighted by molar-refractivity contribution is 5.22. The summed E-state index contributed by atoms with van der Waals surface area (Å²) >= 11 is 0. The van der Waals surface area contributed by atoms with Crippen LogP contribution in [0.5, 0.6) is 0 Å². The molecule has 1 unspecified atom stereocenters. The molecule has 0 amide bonds. The zero-order valence-corrected chi connectivity index (χ0v) is 11.5. The third-order valence-electron chi connectivity index (χ3n) is 3.28. The second-order valence-corrected chi connectivity index (χ2v) is 5.02. The molecule has 3 heteroatoms. The first kappa shape index (κ1) is 13.8. The van der Waals surface area contributed by atoms with Gasteiger partial charge in [-0.15, -0.1) is 0 Å². The van der Waals surface area contributed by atoms with E-state index in [4.69, 9.17) is 4.42 Å². The van der Waals surface area contributed by atoms with E-state index in [1.165, 1.54) is 11.1 Å². The standard InChI is InChI=1S/C16H21NO2/c1-3-13-6-8-14(9-7-13)11-17-12-16(2,18)15-5-4-10-19-15/h4-10,17-18H,3,11-12H2,1-2H3. The van der Waals surface area contributed by atoms with Crippen LogP contribution in [-0.4, -0.2) is 11.7 Å². The molecule has 1 aromatic carbocycles. The van der Waals surface area contributed by atoms with Crippen LogP contribution in [0.3, 0.4) is 0 Å².